The highest BCUT2D eigenvalue weighted by Gasteiger charge is 2.22. The van der Waals surface area contributed by atoms with Crippen LogP contribution in [0.1, 0.15) is 44.3 Å². The predicted octanol–water partition coefficient (Wildman–Crippen LogP) is 1.82. The molecule has 2 rings (SSSR count). The minimum absolute atomic E-state index is 0.727. The summed E-state index contributed by atoms with van der Waals surface area (Å²) in [4.78, 5) is 4.30. The van der Waals surface area contributed by atoms with Crippen molar-refractivity contribution in [2.24, 2.45) is 5.92 Å². The molecular formula is C12H22N4. The van der Waals surface area contributed by atoms with Crippen molar-refractivity contribution >= 4 is 0 Å². The number of hydrogen-bond acceptors (Lipinski definition) is 3. The quantitative estimate of drug-likeness (QED) is 0.799. The molecule has 1 aliphatic rings. The van der Waals surface area contributed by atoms with Gasteiger partial charge in [-0.25, -0.2) is 4.98 Å². The van der Waals surface area contributed by atoms with Gasteiger partial charge in [-0.05, 0) is 32.1 Å². The van der Waals surface area contributed by atoms with Gasteiger partial charge in [-0.3, -0.25) is 5.10 Å². The average Bonchev–Trinajstić information content (AvgIpc) is 2.88. The molecule has 2 atom stereocenters. The molecule has 1 aliphatic carbocycles. The molecular weight excluding hydrogens is 200 g/mol. The molecule has 0 amide bonds. The zero-order valence-electron chi connectivity index (χ0n) is 10.3. The molecule has 1 fully saturated rings. The van der Waals surface area contributed by atoms with Gasteiger partial charge in [0.15, 0.2) is 5.82 Å². The zero-order valence-corrected chi connectivity index (χ0v) is 10.3. The van der Waals surface area contributed by atoms with Crippen molar-refractivity contribution in [1.29, 1.82) is 0 Å². The number of nitrogens with zero attached hydrogens (tertiary/aromatic N) is 2. The molecule has 1 heterocycles. The maximum Gasteiger partial charge on any atom is 0.151 e. The minimum atomic E-state index is 0.727. The standard InChI is InChI=1S/C12H22N4/c1-3-10-4-5-11(8-10)13-7-6-12-14-9(2)15-16-12/h10-11,13H,3-8H2,1-2H3,(H,14,15,16). The normalized spacial score (nSPS) is 25.1. The fourth-order valence-corrected chi connectivity index (χ4v) is 2.52. The van der Waals surface area contributed by atoms with Crippen molar-refractivity contribution in [2.75, 3.05) is 6.54 Å². The van der Waals surface area contributed by atoms with E-state index in [0.717, 1.165) is 36.6 Å². The molecule has 4 heteroatoms. The van der Waals surface area contributed by atoms with Crippen LogP contribution in [-0.4, -0.2) is 27.8 Å². The van der Waals surface area contributed by atoms with E-state index in [9.17, 15) is 0 Å². The summed E-state index contributed by atoms with van der Waals surface area (Å²) in [6, 6.07) is 0.727. The summed E-state index contributed by atoms with van der Waals surface area (Å²) < 4.78 is 0. The van der Waals surface area contributed by atoms with Crippen LogP contribution in [0.3, 0.4) is 0 Å². The third kappa shape index (κ3) is 3.04. The Hall–Kier alpha value is -0.900. The van der Waals surface area contributed by atoms with Gasteiger partial charge in [0.2, 0.25) is 0 Å². The first-order valence-electron chi connectivity index (χ1n) is 6.39. The van der Waals surface area contributed by atoms with Gasteiger partial charge in [0.1, 0.15) is 5.82 Å². The molecule has 16 heavy (non-hydrogen) atoms. The van der Waals surface area contributed by atoms with E-state index in [0.29, 0.717) is 0 Å². The summed E-state index contributed by atoms with van der Waals surface area (Å²) in [6.07, 6.45) is 6.35. The fraction of sp³-hybridized carbons (Fsp3) is 0.833. The number of aryl methyl sites for hydroxylation is 1. The zero-order chi connectivity index (χ0) is 11.4. The van der Waals surface area contributed by atoms with Gasteiger partial charge in [-0.1, -0.05) is 13.3 Å². The summed E-state index contributed by atoms with van der Waals surface area (Å²) in [7, 11) is 0. The lowest BCUT2D eigenvalue weighted by Gasteiger charge is -2.11. The molecule has 4 nitrogen and oxygen atoms in total. The maximum absolute atomic E-state index is 4.30. The molecule has 0 radical (unpaired) electrons. The van der Waals surface area contributed by atoms with Crippen molar-refractivity contribution in [3.8, 4) is 0 Å². The smallest absolute Gasteiger partial charge is 0.151 e. The molecule has 0 aromatic carbocycles. The van der Waals surface area contributed by atoms with Crippen LogP contribution in [0, 0.1) is 12.8 Å². The molecule has 0 bridgehead atoms. The van der Waals surface area contributed by atoms with E-state index in [2.05, 4.69) is 27.4 Å². The van der Waals surface area contributed by atoms with Gasteiger partial charge >= 0.3 is 0 Å². The molecule has 2 N–H and O–H groups in total. The third-order valence-electron chi connectivity index (χ3n) is 3.54. The summed E-state index contributed by atoms with van der Waals surface area (Å²) in [5.74, 6) is 2.78. The van der Waals surface area contributed by atoms with E-state index in [4.69, 9.17) is 0 Å². The Kier molecular flexibility index (Phi) is 3.93. The van der Waals surface area contributed by atoms with Gasteiger partial charge in [-0.2, -0.15) is 5.10 Å². The van der Waals surface area contributed by atoms with Crippen LogP contribution in [0.25, 0.3) is 0 Å². The lowest BCUT2D eigenvalue weighted by molar-refractivity contribution is 0.477. The molecule has 0 spiro atoms. The van der Waals surface area contributed by atoms with Gasteiger partial charge < -0.3 is 5.32 Å². The van der Waals surface area contributed by atoms with Crippen molar-refractivity contribution in [2.45, 2.75) is 52.0 Å². The Balaban J connectivity index is 1.65. The Morgan fingerprint density at radius 2 is 2.31 bits per heavy atom. The van der Waals surface area contributed by atoms with Crippen LogP contribution in [0.4, 0.5) is 0 Å². The molecule has 1 aromatic heterocycles. The van der Waals surface area contributed by atoms with E-state index < -0.39 is 0 Å². The Morgan fingerprint density at radius 1 is 1.44 bits per heavy atom. The van der Waals surface area contributed by atoms with Gasteiger partial charge in [-0.15, -0.1) is 0 Å². The lowest BCUT2D eigenvalue weighted by Crippen LogP contribution is -2.28. The van der Waals surface area contributed by atoms with Crippen LogP contribution in [0.2, 0.25) is 0 Å². The number of aromatic nitrogens is 3. The average molecular weight is 222 g/mol. The number of aromatic amines is 1. The monoisotopic (exact) mass is 222 g/mol. The van der Waals surface area contributed by atoms with Crippen LogP contribution in [0.15, 0.2) is 0 Å². The summed E-state index contributed by atoms with van der Waals surface area (Å²) in [5, 5.41) is 10.6. The minimum Gasteiger partial charge on any atom is -0.314 e. The number of H-pyrrole nitrogens is 1. The van der Waals surface area contributed by atoms with Gasteiger partial charge in [0, 0.05) is 19.0 Å². The van der Waals surface area contributed by atoms with Crippen molar-refractivity contribution in [3.63, 3.8) is 0 Å². The number of nitrogens with one attached hydrogen (secondary N) is 2. The van der Waals surface area contributed by atoms with E-state index >= 15 is 0 Å². The number of hydrogen-bond donors (Lipinski definition) is 2. The van der Waals surface area contributed by atoms with Crippen molar-refractivity contribution < 1.29 is 0 Å². The van der Waals surface area contributed by atoms with Gasteiger partial charge in [0.25, 0.3) is 0 Å². The third-order valence-corrected chi connectivity index (χ3v) is 3.54. The second-order valence-corrected chi connectivity index (χ2v) is 4.83. The molecule has 0 saturated heterocycles. The first-order valence-corrected chi connectivity index (χ1v) is 6.39. The fourth-order valence-electron chi connectivity index (χ4n) is 2.52. The van der Waals surface area contributed by atoms with E-state index in [1.54, 1.807) is 0 Å². The summed E-state index contributed by atoms with van der Waals surface area (Å²) in [6.45, 7) is 5.23. The number of rotatable bonds is 5. The van der Waals surface area contributed by atoms with Gasteiger partial charge in [0.05, 0.1) is 0 Å². The van der Waals surface area contributed by atoms with E-state index in [1.807, 2.05) is 6.92 Å². The van der Waals surface area contributed by atoms with Crippen LogP contribution in [-0.2, 0) is 6.42 Å². The molecule has 1 saturated carbocycles. The molecule has 90 valence electrons. The Morgan fingerprint density at radius 3 is 2.94 bits per heavy atom. The Bertz CT molecular complexity index is 321. The predicted molar refractivity (Wildman–Crippen MR) is 64.2 cm³/mol. The highest BCUT2D eigenvalue weighted by atomic mass is 15.2. The molecule has 1 aromatic rings. The summed E-state index contributed by atoms with van der Waals surface area (Å²) >= 11 is 0. The van der Waals surface area contributed by atoms with Crippen LogP contribution >= 0.6 is 0 Å². The molecule has 0 aliphatic heterocycles. The maximum atomic E-state index is 4.30. The van der Waals surface area contributed by atoms with E-state index in [1.165, 1.54) is 25.7 Å². The topological polar surface area (TPSA) is 53.6 Å². The van der Waals surface area contributed by atoms with Crippen molar-refractivity contribution in [3.05, 3.63) is 11.6 Å². The van der Waals surface area contributed by atoms with Crippen molar-refractivity contribution in [1.82, 2.24) is 20.5 Å². The highest BCUT2D eigenvalue weighted by Crippen LogP contribution is 2.27. The SMILES string of the molecule is CCC1CCC(NCCc2n[nH]c(C)n2)C1. The summed E-state index contributed by atoms with van der Waals surface area (Å²) in [5.41, 5.74) is 0. The lowest BCUT2D eigenvalue weighted by atomic mass is 10.1. The van der Waals surface area contributed by atoms with E-state index in [-0.39, 0.29) is 0 Å². The first kappa shape index (κ1) is 11.6. The first-order chi connectivity index (χ1) is 7.78. The van der Waals surface area contributed by atoms with Crippen LogP contribution in [0.5, 0.6) is 0 Å². The van der Waals surface area contributed by atoms with Crippen LogP contribution < -0.4 is 5.32 Å². The molecule has 2 unspecified atom stereocenters. The second kappa shape index (κ2) is 5.43. The Labute approximate surface area is 97.2 Å². The largest absolute Gasteiger partial charge is 0.314 e. The highest BCUT2D eigenvalue weighted by molar-refractivity contribution is 4.89. The second-order valence-electron chi connectivity index (χ2n) is 4.83.